The minimum absolute atomic E-state index is 0.0451. The molecule has 0 saturated carbocycles. The maximum Gasteiger partial charge on any atom is 0.336 e. The minimum Gasteiger partial charge on any atom is -0.481 e. The molecule has 6 N–H and O–H groups in total. The lowest BCUT2D eigenvalue weighted by Crippen LogP contribution is -2.43. The van der Waals surface area contributed by atoms with Gasteiger partial charge in [-0.3, -0.25) is 14.4 Å². The summed E-state index contributed by atoms with van der Waals surface area (Å²) in [7, 11) is 0. The van der Waals surface area contributed by atoms with Gasteiger partial charge >= 0.3 is 17.9 Å². The molecule has 0 aromatic carbocycles. The zero-order valence-corrected chi connectivity index (χ0v) is 11.4. The molecule has 0 aliphatic rings. The van der Waals surface area contributed by atoms with Crippen LogP contribution in [0.15, 0.2) is 0 Å². The molecule has 1 amide bonds. The van der Waals surface area contributed by atoms with E-state index in [1.54, 1.807) is 0 Å². The molecule has 0 bridgehead atoms. The first kappa shape index (κ1) is 18.8. The van der Waals surface area contributed by atoms with Gasteiger partial charge in [-0.1, -0.05) is 0 Å². The van der Waals surface area contributed by atoms with Crippen molar-refractivity contribution < 1.29 is 39.2 Å². The predicted octanol–water partition coefficient (Wildman–Crippen LogP) is -2.33. The fraction of sp³-hybridized carbons (Fsp3) is 0.636. The highest BCUT2D eigenvalue weighted by atomic mass is 16.5. The maximum absolute atomic E-state index is 11.3. The van der Waals surface area contributed by atoms with Gasteiger partial charge in [-0.05, 0) is 6.92 Å². The molecule has 0 aromatic rings. The van der Waals surface area contributed by atoms with Gasteiger partial charge in [0.1, 0.15) is 6.61 Å². The molecule has 0 aliphatic carbocycles. The number of aliphatic carboxylic acids is 2. The van der Waals surface area contributed by atoms with E-state index in [4.69, 9.17) is 15.9 Å². The summed E-state index contributed by atoms with van der Waals surface area (Å²) in [4.78, 5) is 43.7. The molecule has 21 heavy (non-hydrogen) atoms. The number of esters is 1. The highest BCUT2D eigenvalue weighted by Gasteiger charge is 2.41. The minimum atomic E-state index is -2.74. The van der Waals surface area contributed by atoms with Crippen molar-refractivity contribution in [2.45, 2.75) is 31.4 Å². The van der Waals surface area contributed by atoms with Crippen molar-refractivity contribution in [2.24, 2.45) is 5.73 Å². The van der Waals surface area contributed by atoms with Crippen LogP contribution < -0.4 is 11.1 Å². The molecule has 0 radical (unpaired) electrons. The van der Waals surface area contributed by atoms with E-state index in [0.29, 0.717) is 0 Å². The maximum atomic E-state index is 11.3. The van der Waals surface area contributed by atoms with Gasteiger partial charge in [0.05, 0.1) is 25.4 Å². The van der Waals surface area contributed by atoms with Crippen molar-refractivity contribution in [1.29, 1.82) is 0 Å². The Morgan fingerprint density at radius 2 is 1.81 bits per heavy atom. The van der Waals surface area contributed by atoms with Crippen molar-refractivity contribution in [3.8, 4) is 0 Å². The van der Waals surface area contributed by atoms with Crippen LogP contribution >= 0.6 is 0 Å². The molecular weight excluding hydrogens is 288 g/mol. The number of ether oxygens (including phenoxy) is 1. The third-order valence-corrected chi connectivity index (χ3v) is 2.36. The second kappa shape index (κ2) is 8.17. The van der Waals surface area contributed by atoms with Gasteiger partial charge in [0, 0.05) is 0 Å². The van der Waals surface area contributed by atoms with Gasteiger partial charge in [0.25, 0.3) is 0 Å². The number of carbonyl (C=O) groups excluding carboxylic acids is 2. The molecule has 0 aromatic heterocycles. The molecule has 120 valence electrons. The monoisotopic (exact) mass is 306 g/mol. The molecule has 1 unspecified atom stereocenters. The van der Waals surface area contributed by atoms with Crippen LogP contribution in [0.3, 0.4) is 0 Å². The van der Waals surface area contributed by atoms with E-state index in [9.17, 15) is 24.3 Å². The van der Waals surface area contributed by atoms with Crippen molar-refractivity contribution in [3.05, 3.63) is 0 Å². The van der Waals surface area contributed by atoms with E-state index in [1.807, 2.05) is 0 Å². The van der Waals surface area contributed by atoms with E-state index in [2.05, 4.69) is 10.1 Å². The molecule has 0 fully saturated rings. The highest BCUT2D eigenvalue weighted by molar-refractivity contribution is 5.88. The Labute approximate surface area is 119 Å². The third kappa shape index (κ3) is 7.22. The van der Waals surface area contributed by atoms with Crippen LogP contribution in [0.5, 0.6) is 0 Å². The van der Waals surface area contributed by atoms with Crippen molar-refractivity contribution in [1.82, 2.24) is 5.32 Å². The van der Waals surface area contributed by atoms with Gasteiger partial charge in [0.15, 0.2) is 5.60 Å². The van der Waals surface area contributed by atoms with E-state index in [0.717, 1.165) is 0 Å². The Balaban J connectivity index is 4.25. The predicted molar refractivity (Wildman–Crippen MR) is 67.1 cm³/mol. The summed E-state index contributed by atoms with van der Waals surface area (Å²) in [5.74, 6) is -4.97. The topological polar surface area (TPSA) is 176 Å². The molecule has 2 atom stereocenters. The number of hydrogen-bond acceptors (Lipinski definition) is 7. The summed E-state index contributed by atoms with van der Waals surface area (Å²) in [6.07, 6.45) is -2.16. The largest absolute Gasteiger partial charge is 0.481 e. The molecule has 0 spiro atoms. The molecular formula is C11H18N2O8. The fourth-order valence-corrected chi connectivity index (χ4v) is 1.25. The zero-order valence-electron chi connectivity index (χ0n) is 11.4. The Morgan fingerprint density at radius 3 is 2.24 bits per heavy atom. The third-order valence-electron chi connectivity index (χ3n) is 2.36. The lowest BCUT2D eigenvalue weighted by atomic mass is 9.96. The van der Waals surface area contributed by atoms with Crippen LogP contribution in [-0.4, -0.2) is 63.9 Å². The Bertz CT molecular complexity index is 422. The molecule has 10 nitrogen and oxygen atoms in total. The molecule has 0 heterocycles. The Morgan fingerprint density at radius 1 is 1.24 bits per heavy atom. The van der Waals surface area contributed by atoms with E-state index in [-0.39, 0.29) is 13.2 Å². The number of carbonyl (C=O) groups is 4. The average Bonchev–Trinajstić information content (AvgIpc) is 2.32. The zero-order chi connectivity index (χ0) is 16.6. The van der Waals surface area contributed by atoms with Crippen LogP contribution in [0.4, 0.5) is 0 Å². The number of rotatable bonds is 9. The van der Waals surface area contributed by atoms with Crippen molar-refractivity contribution in [2.75, 3.05) is 13.2 Å². The second-order valence-electron chi connectivity index (χ2n) is 4.38. The fourth-order valence-electron chi connectivity index (χ4n) is 1.25. The lowest BCUT2D eigenvalue weighted by Gasteiger charge is -2.20. The van der Waals surface area contributed by atoms with E-state index < -0.39 is 48.3 Å². The number of aliphatic hydroxyl groups is 1. The first-order valence-corrected chi connectivity index (χ1v) is 5.95. The summed E-state index contributed by atoms with van der Waals surface area (Å²) < 4.78 is 4.59. The number of carboxylic acid groups (broad SMARTS) is 2. The Kier molecular flexibility index (Phi) is 7.31. The highest BCUT2D eigenvalue weighted by Crippen LogP contribution is 2.16. The number of carboxylic acids is 2. The van der Waals surface area contributed by atoms with Gasteiger partial charge in [0.2, 0.25) is 5.91 Å². The van der Waals surface area contributed by atoms with Crippen LogP contribution in [0, 0.1) is 0 Å². The summed E-state index contributed by atoms with van der Waals surface area (Å²) in [6, 6.07) is -0.728. The SMILES string of the molecule is C[C@H](N)C(=O)NCCOC(=O)CC(O)(CC(=O)O)C(=O)O. The average molecular weight is 306 g/mol. The van der Waals surface area contributed by atoms with Gasteiger partial charge in [-0.2, -0.15) is 0 Å². The smallest absolute Gasteiger partial charge is 0.336 e. The van der Waals surface area contributed by atoms with Crippen molar-refractivity contribution >= 4 is 23.8 Å². The summed E-state index contributed by atoms with van der Waals surface area (Å²) >= 11 is 0. The summed E-state index contributed by atoms with van der Waals surface area (Å²) in [5, 5.41) is 29.2. The number of hydrogen-bond donors (Lipinski definition) is 5. The van der Waals surface area contributed by atoms with Gasteiger partial charge < -0.3 is 31.1 Å². The molecule has 10 heteroatoms. The van der Waals surface area contributed by atoms with E-state index in [1.165, 1.54) is 6.92 Å². The number of nitrogens with two attached hydrogens (primary N) is 1. The second-order valence-corrected chi connectivity index (χ2v) is 4.38. The molecule has 0 saturated heterocycles. The number of amides is 1. The van der Waals surface area contributed by atoms with Crippen LogP contribution in [-0.2, 0) is 23.9 Å². The van der Waals surface area contributed by atoms with Crippen LogP contribution in [0.25, 0.3) is 0 Å². The van der Waals surface area contributed by atoms with Gasteiger partial charge in [-0.15, -0.1) is 0 Å². The standard InChI is InChI=1S/C11H18N2O8/c1-6(12)9(17)13-2-3-21-8(16)5-11(20,10(18)19)4-7(14)15/h6,20H,2-5,12H2,1H3,(H,13,17)(H,14,15)(H,18,19)/t6-,11?/m0/s1. The van der Waals surface area contributed by atoms with Crippen molar-refractivity contribution in [3.63, 3.8) is 0 Å². The first-order chi connectivity index (χ1) is 9.58. The lowest BCUT2D eigenvalue weighted by molar-refractivity contribution is -0.171. The summed E-state index contributed by atoms with van der Waals surface area (Å²) in [6.45, 7) is 1.15. The normalized spacial score (nSPS) is 14.6. The molecule has 0 rings (SSSR count). The quantitative estimate of drug-likeness (QED) is 0.231. The number of nitrogens with one attached hydrogen (secondary N) is 1. The summed E-state index contributed by atoms with van der Waals surface area (Å²) in [5.41, 5.74) is 2.53. The van der Waals surface area contributed by atoms with Crippen LogP contribution in [0.2, 0.25) is 0 Å². The first-order valence-electron chi connectivity index (χ1n) is 5.95. The van der Waals surface area contributed by atoms with Crippen LogP contribution in [0.1, 0.15) is 19.8 Å². The molecule has 0 aliphatic heterocycles. The Hall–Kier alpha value is -2.20. The van der Waals surface area contributed by atoms with Gasteiger partial charge in [-0.25, -0.2) is 4.79 Å². The van der Waals surface area contributed by atoms with E-state index >= 15 is 0 Å².